The highest BCUT2D eigenvalue weighted by molar-refractivity contribution is 6.33. The Morgan fingerprint density at radius 2 is 1.78 bits per heavy atom. The van der Waals surface area contributed by atoms with Crippen molar-refractivity contribution < 1.29 is 9.90 Å². The van der Waals surface area contributed by atoms with Crippen molar-refractivity contribution in [1.29, 1.82) is 0 Å². The second kappa shape index (κ2) is 6.50. The predicted molar refractivity (Wildman–Crippen MR) is 92.1 cm³/mol. The fraction of sp³-hybridized carbons (Fsp3) is 0. The molecule has 0 saturated heterocycles. The quantitative estimate of drug-likeness (QED) is 0.566. The maximum absolute atomic E-state index is 12.0. The zero-order valence-electron chi connectivity index (χ0n) is 12.0. The number of phenolic OH excluding ortho intramolecular Hbond substituents is 1. The van der Waals surface area contributed by atoms with Crippen LogP contribution in [0.3, 0.4) is 0 Å². The fourth-order valence-electron chi connectivity index (χ4n) is 2.24. The fourth-order valence-corrected chi connectivity index (χ4v) is 2.46. The number of rotatable bonds is 3. The molecule has 1 amide bonds. The molecule has 0 aliphatic carbocycles. The van der Waals surface area contributed by atoms with Crippen LogP contribution in [0, 0.1) is 0 Å². The third-order valence-corrected chi connectivity index (χ3v) is 3.75. The number of nitrogens with one attached hydrogen (secondary N) is 1. The molecule has 2 N–H and O–H groups in total. The molecule has 0 saturated carbocycles. The molecule has 114 valence electrons. The molecule has 0 spiro atoms. The van der Waals surface area contributed by atoms with Gasteiger partial charge in [0.05, 0.1) is 16.8 Å². The number of aromatic hydroxyl groups is 1. The van der Waals surface area contributed by atoms with E-state index in [0.717, 1.165) is 10.8 Å². The van der Waals surface area contributed by atoms with Gasteiger partial charge in [-0.2, -0.15) is 5.10 Å². The number of amides is 1. The lowest BCUT2D eigenvalue weighted by Crippen LogP contribution is -2.17. The Kier molecular flexibility index (Phi) is 4.26. The maximum atomic E-state index is 12.0. The van der Waals surface area contributed by atoms with Gasteiger partial charge in [-0.15, -0.1) is 0 Å². The van der Waals surface area contributed by atoms with E-state index >= 15 is 0 Å². The van der Waals surface area contributed by atoms with Crippen molar-refractivity contribution in [3.8, 4) is 5.75 Å². The largest absolute Gasteiger partial charge is 0.507 e. The molecule has 0 aliphatic heterocycles. The van der Waals surface area contributed by atoms with E-state index in [1.807, 2.05) is 30.3 Å². The Hall–Kier alpha value is -2.85. The Morgan fingerprint density at radius 3 is 2.61 bits per heavy atom. The summed E-state index contributed by atoms with van der Waals surface area (Å²) in [5, 5.41) is 16.2. The summed E-state index contributed by atoms with van der Waals surface area (Å²) in [6.45, 7) is 0. The first-order chi connectivity index (χ1) is 11.2. The SMILES string of the molecule is O=C(NN=Cc1ccc2ccccc2c1O)c1ccccc1Cl. The van der Waals surface area contributed by atoms with Crippen LogP contribution in [-0.4, -0.2) is 17.2 Å². The van der Waals surface area contributed by atoms with Gasteiger partial charge in [0.25, 0.3) is 5.91 Å². The number of carbonyl (C=O) groups excluding carboxylic acids is 1. The van der Waals surface area contributed by atoms with Crippen LogP contribution in [0.15, 0.2) is 65.8 Å². The highest BCUT2D eigenvalue weighted by Crippen LogP contribution is 2.27. The van der Waals surface area contributed by atoms with Crippen LogP contribution < -0.4 is 5.43 Å². The number of carbonyl (C=O) groups is 1. The lowest BCUT2D eigenvalue weighted by Gasteiger charge is -2.04. The smallest absolute Gasteiger partial charge is 0.272 e. The van der Waals surface area contributed by atoms with Crippen molar-refractivity contribution in [3.63, 3.8) is 0 Å². The Balaban J connectivity index is 1.80. The second-order valence-corrected chi connectivity index (χ2v) is 5.31. The van der Waals surface area contributed by atoms with Gasteiger partial charge in [-0.1, -0.05) is 54.1 Å². The van der Waals surface area contributed by atoms with E-state index in [1.165, 1.54) is 6.21 Å². The van der Waals surface area contributed by atoms with Gasteiger partial charge in [0.2, 0.25) is 0 Å². The summed E-state index contributed by atoms with van der Waals surface area (Å²) in [5.41, 5.74) is 3.26. The summed E-state index contributed by atoms with van der Waals surface area (Å²) in [6, 6.07) is 17.8. The van der Waals surface area contributed by atoms with E-state index in [0.29, 0.717) is 16.1 Å². The van der Waals surface area contributed by atoms with Gasteiger partial charge in [0.1, 0.15) is 5.75 Å². The summed E-state index contributed by atoms with van der Waals surface area (Å²) < 4.78 is 0. The Labute approximate surface area is 138 Å². The van der Waals surface area contributed by atoms with E-state index in [-0.39, 0.29) is 5.75 Å². The molecule has 23 heavy (non-hydrogen) atoms. The van der Waals surface area contributed by atoms with Gasteiger partial charge in [0.15, 0.2) is 0 Å². The van der Waals surface area contributed by atoms with Gasteiger partial charge >= 0.3 is 0 Å². The number of phenols is 1. The third-order valence-electron chi connectivity index (χ3n) is 3.42. The van der Waals surface area contributed by atoms with Crippen molar-refractivity contribution in [2.24, 2.45) is 5.10 Å². The van der Waals surface area contributed by atoms with Gasteiger partial charge < -0.3 is 5.11 Å². The number of fused-ring (bicyclic) bond motifs is 1. The minimum Gasteiger partial charge on any atom is -0.507 e. The normalized spacial score (nSPS) is 11.0. The van der Waals surface area contributed by atoms with Crippen LogP contribution >= 0.6 is 11.6 Å². The summed E-state index contributed by atoms with van der Waals surface area (Å²) in [5.74, 6) is -0.286. The first-order valence-corrected chi connectivity index (χ1v) is 7.33. The van der Waals surface area contributed by atoms with Crippen LogP contribution in [0.25, 0.3) is 10.8 Å². The highest BCUT2D eigenvalue weighted by atomic mass is 35.5. The summed E-state index contributed by atoms with van der Waals surface area (Å²) in [7, 11) is 0. The van der Waals surface area contributed by atoms with Crippen molar-refractivity contribution in [1.82, 2.24) is 5.43 Å². The highest BCUT2D eigenvalue weighted by Gasteiger charge is 2.08. The van der Waals surface area contributed by atoms with Gasteiger partial charge in [-0.05, 0) is 23.6 Å². The molecular formula is C18H13ClN2O2. The third kappa shape index (κ3) is 3.17. The molecule has 4 nitrogen and oxygen atoms in total. The summed E-state index contributed by atoms with van der Waals surface area (Å²) in [6.07, 6.45) is 1.40. The van der Waals surface area contributed by atoms with Crippen LogP contribution in [0.1, 0.15) is 15.9 Å². The number of hydrogen-bond acceptors (Lipinski definition) is 3. The molecule has 0 fully saturated rings. The van der Waals surface area contributed by atoms with E-state index in [1.54, 1.807) is 30.3 Å². The minimum absolute atomic E-state index is 0.124. The molecule has 0 bridgehead atoms. The van der Waals surface area contributed by atoms with Crippen LogP contribution in [0.5, 0.6) is 5.75 Å². The monoisotopic (exact) mass is 324 g/mol. The van der Waals surface area contributed by atoms with E-state index in [2.05, 4.69) is 10.5 Å². The van der Waals surface area contributed by atoms with E-state index in [4.69, 9.17) is 11.6 Å². The van der Waals surface area contributed by atoms with Crippen molar-refractivity contribution in [2.45, 2.75) is 0 Å². The lowest BCUT2D eigenvalue weighted by molar-refractivity contribution is 0.0955. The number of hydrazone groups is 1. The van der Waals surface area contributed by atoms with Crippen molar-refractivity contribution in [3.05, 3.63) is 76.8 Å². The molecule has 0 heterocycles. The van der Waals surface area contributed by atoms with Gasteiger partial charge in [-0.3, -0.25) is 4.79 Å². The summed E-state index contributed by atoms with van der Waals surface area (Å²) >= 11 is 5.95. The zero-order chi connectivity index (χ0) is 16.2. The first kappa shape index (κ1) is 15.1. The molecule has 3 aromatic carbocycles. The molecule has 0 aromatic heterocycles. The van der Waals surface area contributed by atoms with Crippen LogP contribution in [0.2, 0.25) is 5.02 Å². The number of nitrogens with zero attached hydrogens (tertiary/aromatic N) is 1. The van der Waals surface area contributed by atoms with Gasteiger partial charge in [0, 0.05) is 10.9 Å². The Bertz CT molecular complexity index is 906. The molecule has 3 rings (SSSR count). The zero-order valence-corrected chi connectivity index (χ0v) is 12.8. The van der Waals surface area contributed by atoms with Gasteiger partial charge in [-0.25, -0.2) is 5.43 Å². The van der Waals surface area contributed by atoms with E-state index < -0.39 is 5.91 Å². The predicted octanol–water partition coefficient (Wildman–Crippen LogP) is 3.96. The standard InChI is InChI=1S/C18H13ClN2O2/c19-16-8-4-3-7-15(16)18(23)21-20-11-13-10-9-12-5-1-2-6-14(12)17(13)22/h1-11,22H,(H,21,23). The molecule has 0 aliphatic rings. The molecule has 5 heteroatoms. The van der Waals surface area contributed by atoms with Crippen molar-refractivity contribution in [2.75, 3.05) is 0 Å². The maximum Gasteiger partial charge on any atom is 0.272 e. The van der Waals surface area contributed by atoms with Crippen molar-refractivity contribution >= 4 is 34.5 Å². The summed E-state index contributed by atoms with van der Waals surface area (Å²) in [4.78, 5) is 12.0. The second-order valence-electron chi connectivity index (χ2n) is 4.90. The molecule has 0 atom stereocenters. The molecule has 3 aromatic rings. The average molecular weight is 325 g/mol. The topological polar surface area (TPSA) is 61.7 Å². The Morgan fingerprint density at radius 1 is 1.04 bits per heavy atom. The minimum atomic E-state index is -0.410. The lowest BCUT2D eigenvalue weighted by atomic mass is 10.1. The number of hydrogen-bond donors (Lipinski definition) is 2. The van der Waals surface area contributed by atoms with Crippen LogP contribution in [-0.2, 0) is 0 Å². The number of benzene rings is 3. The average Bonchev–Trinajstić information content (AvgIpc) is 2.57. The van der Waals surface area contributed by atoms with Crippen LogP contribution in [0.4, 0.5) is 0 Å². The molecular weight excluding hydrogens is 312 g/mol. The first-order valence-electron chi connectivity index (χ1n) is 6.95. The molecule has 0 unspecified atom stereocenters. The van der Waals surface area contributed by atoms with E-state index in [9.17, 15) is 9.90 Å². The molecule has 0 radical (unpaired) electrons. The number of halogens is 1.